The van der Waals surface area contributed by atoms with Crippen molar-refractivity contribution < 1.29 is 44.7 Å². The Labute approximate surface area is 189 Å². The molecule has 33 heavy (non-hydrogen) atoms. The van der Waals surface area contributed by atoms with Gasteiger partial charge in [0.2, 0.25) is 17.7 Å². The van der Waals surface area contributed by atoms with Crippen LogP contribution in [0, 0.1) is 0 Å². The van der Waals surface area contributed by atoms with Crippen molar-refractivity contribution in [1.29, 1.82) is 0 Å². The first kappa shape index (κ1) is 27.8. The van der Waals surface area contributed by atoms with E-state index in [9.17, 15) is 39.6 Å². The lowest BCUT2D eigenvalue weighted by Crippen LogP contribution is -2.60. The number of nitrogens with two attached hydrogens (primary N) is 1. The molecule has 0 bridgehead atoms. The lowest BCUT2D eigenvalue weighted by molar-refractivity contribution is -0.145. The fraction of sp³-hybridized carbons (Fsp3) is 0.500. The van der Waals surface area contributed by atoms with Crippen LogP contribution in [-0.2, 0) is 25.6 Å². The second-order valence-corrected chi connectivity index (χ2v) is 7.51. The van der Waals surface area contributed by atoms with Crippen LogP contribution in [0.3, 0.4) is 0 Å². The van der Waals surface area contributed by atoms with Gasteiger partial charge in [0.05, 0.1) is 18.8 Å². The molecule has 0 aromatic heterocycles. The number of hydrogen-bond acceptors (Lipinski definition) is 9. The zero-order valence-corrected chi connectivity index (χ0v) is 18.1. The average molecular weight is 470 g/mol. The van der Waals surface area contributed by atoms with Crippen LogP contribution in [0.5, 0.6) is 5.75 Å². The summed E-state index contributed by atoms with van der Waals surface area (Å²) in [7, 11) is 0. The van der Waals surface area contributed by atoms with E-state index < -0.39 is 66.7 Å². The molecule has 0 heterocycles. The van der Waals surface area contributed by atoms with E-state index in [1.54, 1.807) is 0 Å². The molecule has 1 aromatic rings. The summed E-state index contributed by atoms with van der Waals surface area (Å²) in [5, 5.41) is 53.6. The maximum absolute atomic E-state index is 12.8. The fourth-order valence-corrected chi connectivity index (χ4v) is 2.67. The van der Waals surface area contributed by atoms with Crippen molar-refractivity contribution in [2.75, 3.05) is 6.61 Å². The number of phenols is 1. The van der Waals surface area contributed by atoms with Gasteiger partial charge in [0.25, 0.3) is 0 Å². The van der Waals surface area contributed by atoms with Crippen molar-refractivity contribution in [2.24, 2.45) is 5.73 Å². The van der Waals surface area contributed by atoms with Crippen LogP contribution in [0.2, 0.25) is 0 Å². The molecule has 0 saturated heterocycles. The second kappa shape index (κ2) is 12.7. The number of aliphatic hydroxyl groups is 3. The van der Waals surface area contributed by atoms with Crippen molar-refractivity contribution >= 4 is 23.7 Å². The Kier molecular flexibility index (Phi) is 10.7. The molecule has 1 aromatic carbocycles. The SMILES string of the molecule is CC(O)C(N)C(=O)NC(Cc1ccc(O)cc1)C(=O)NC(CO)C(=O)NC(C(=O)O)C(C)O. The van der Waals surface area contributed by atoms with E-state index in [1.165, 1.54) is 31.2 Å². The van der Waals surface area contributed by atoms with Gasteiger partial charge in [-0.3, -0.25) is 14.4 Å². The number of carboxylic acid groups (broad SMARTS) is 1. The minimum Gasteiger partial charge on any atom is -0.508 e. The van der Waals surface area contributed by atoms with E-state index in [0.29, 0.717) is 5.56 Å². The van der Waals surface area contributed by atoms with Crippen LogP contribution in [0.25, 0.3) is 0 Å². The largest absolute Gasteiger partial charge is 0.508 e. The number of aromatic hydroxyl groups is 1. The van der Waals surface area contributed by atoms with Gasteiger partial charge in [-0.1, -0.05) is 12.1 Å². The highest BCUT2D eigenvalue weighted by Gasteiger charge is 2.32. The summed E-state index contributed by atoms with van der Waals surface area (Å²) in [5.74, 6) is -4.38. The summed E-state index contributed by atoms with van der Waals surface area (Å²) in [4.78, 5) is 48.6. The topological polar surface area (TPSA) is 232 Å². The molecule has 0 radical (unpaired) electrons. The molecular weight excluding hydrogens is 440 g/mol. The Morgan fingerprint density at radius 3 is 1.85 bits per heavy atom. The van der Waals surface area contributed by atoms with Gasteiger partial charge in [-0.05, 0) is 31.5 Å². The highest BCUT2D eigenvalue weighted by Crippen LogP contribution is 2.12. The number of benzene rings is 1. The zero-order chi connectivity index (χ0) is 25.3. The predicted molar refractivity (Wildman–Crippen MR) is 114 cm³/mol. The van der Waals surface area contributed by atoms with Crippen molar-refractivity contribution in [3.8, 4) is 5.75 Å². The molecule has 6 atom stereocenters. The van der Waals surface area contributed by atoms with Crippen LogP contribution in [0.1, 0.15) is 19.4 Å². The number of hydrogen-bond donors (Lipinski definition) is 9. The number of aliphatic hydroxyl groups excluding tert-OH is 3. The van der Waals surface area contributed by atoms with Gasteiger partial charge in [-0.2, -0.15) is 0 Å². The highest BCUT2D eigenvalue weighted by molar-refractivity contribution is 5.94. The van der Waals surface area contributed by atoms with Crippen LogP contribution in [0.15, 0.2) is 24.3 Å². The van der Waals surface area contributed by atoms with Gasteiger partial charge in [-0.15, -0.1) is 0 Å². The van der Waals surface area contributed by atoms with E-state index in [-0.39, 0.29) is 12.2 Å². The van der Waals surface area contributed by atoms with Crippen molar-refractivity contribution in [3.05, 3.63) is 29.8 Å². The quantitative estimate of drug-likeness (QED) is 0.147. The van der Waals surface area contributed by atoms with Gasteiger partial charge in [0, 0.05) is 6.42 Å². The number of rotatable bonds is 12. The van der Waals surface area contributed by atoms with E-state index in [2.05, 4.69) is 10.6 Å². The zero-order valence-electron chi connectivity index (χ0n) is 18.1. The Morgan fingerprint density at radius 1 is 0.879 bits per heavy atom. The lowest BCUT2D eigenvalue weighted by atomic mass is 10.0. The molecule has 3 amide bonds. The summed E-state index contributed by atoms with van der Waals surface area (Å²) in [6.07, 6.45) is -2.77. The first-order valence-corrected chi connectivity index (χ1v) is 10.0. The van der Waals surface area contributed by atoms with Gasteiger partial charge in [0.15, 0.2) is 6.04 Å². The molecule has 0 aliphatic rings. The fourth-order valence-electron chi connectivity index (χ4n) is 2.67. The van der Waals surface area contributed by atoms with Crippen LogP contribution >= 0.6 is 0 Å². The lowest BCUT2D eigenvalue weighted by Gasteiger charge is -2.25. The summed E-state index contributed by atoms with van der Waals surface area (Å²) in [6.45, 7) is 1.52. The minimum absolute atomic E-state index is 0.0250. The predicted octanol–water partition coefficient (Wildman–Crippen LogP) is -3.45. The maximum Gasteiger partial charge on any atom is 0.328 e. The van der Waals surface area contributed by atoms with Crippen molar-refractivity contribution in [1.82, 2.24) is 16.0 Å². The molecule has 1 rings (SSSR count). The van der Waals surface area contributed by atoms with Gasteiger partial charge in [-0.25, -0.2) is 4.79 Å². The number of carboxylic acids is 1. The molecule has 13 heteroatoms. The molecule has 10 N–H and O–H groups in total. The highest BCUT2D eigenvalue weighted by atomic mass is 16.4. The number of nitrogens with one attached hydrogen (secondary N) is 3. The molecule has 0 spiro atoms. The Morgan fingerprint density at radius 2 is 1.39 bits per heavy atom. The summed E-state index contributed by atoms with van der Waals surface area (Å²) < 4.78 is 0. The van der Waals surface area contributed by atoms with Crippen LogP contribution < -0.4 is 21.7 Å². The van der Waals surface area contributed by atoms with E-state index in [1.807, 2.05) is 5.32 Å². The Bertz CT molecular complexity index is 829. The smallest absolute Gasteiger partial charge is 0.328 e. The number of phenolic OH excluding ortho intramolecular Hbond substituents is 1. The van der Waals surface area contributed by atoms with Crippen LogP contribution in [-0.4, -0.2) is 92.2 Å². The average Bonchev–Trinajstić information content (AvgIpc) is 2.75. The summed E-state index contributed by atoms with van der Waals surface area (Å²) in [6, 6.07) is -0.221. The second-order valence-electron chi connectivity index (χ2n) is 7.51. The first-order valence-electron chi connectivity index (χ1n) is 10.0. The van der Waals surface area contributed by atoms with E-state index in [4.69, 9.17) is 10.8 Å². The summed E-state index contributed by atoms with van der Waals surface area (Å²) >= 11 is 0. The molecule has 0 saturated carbocycles. The number of amides is 3. The number of carbonyl (C=O) groups is 4. The van der Waals surface area contributed by atoms with E-state index >= 15 is 0 Å². The first-order chi connectivity index (χ1) is 15.4. The summed E-state index contributed by atoms with van der Waals surface area (Å²) in [5.41, 5.74) is 6.12. The van der Waals surface area contributed by atoms with Gasteiger partial charge < -0.3 is 47.2 Å². The minimum atomic E-state index is -1.68. The van der Waals surface area contributed by atoms with Gasteiger partial charge >= 0.3 is 5.97 Å². The molecule has 6 unspecified atom stereocenters. The molecule has 0 aliphatic carbocycles. The third kappa shape index (κ3) is 8.65. The van der Waals surface area contributed by atoms with Gasteiger partial charge in [0.1, 0.15) is 23.9 Å². The molecule has 0 aliphatic heterocycles. The Balaban J connectivity index is 3.03. The van der Waals surface area contributed by atoms with Crippen LogP contribution in [0.4, 0.5) is 0 Å². The Hall–Kier alpha value is -3.26. The third-order valence-corrected chi connectivity index (χ3v) is 4.69. The van der Waals surface area contributed by atoms with Crippen molar-refractivity contribution in [2.45, 2.75) is 56.6 Å². The molecule has 184 valence electrons. The normalized spacial score (nSPS) is 16.4. The number of aliphatic carboxylic acids is 1. The number of carbonyl (C=O) groups excluding carboxylic acids is 3. The third-order valence-electron chi connectivity index (χ3n) is 4.69. The van der Waals surface area contributed by atoms with Crippen molar-refractivity contribution in [3.63, 3.8) is 0 Å². The molecular formula is C20H30N4O9. The monoisotopic (exact) mass is 470 g/mol. The maximum atomic E-state index is 12.8. The van der Waals surface area contributed by atoms with E-state index in [0.717, 1.165) is 6.92 Å². The molecule has 13 nitrogen and oxygen atoms in total. The standard InChI is InChI=1S/C20H30N4O9/c1-9(26)15(21)19(31)22-13(7-11-3-5-12(28)6-4-11)17(29)23-14(8-25)18(30)24-16(10(2)27)20(32)33/h3-6,9-10,13-16,25-28H,7-8,21H2,1-2H3,(H,22,31)(H,23,29)(H,24,30)(H,32,33). The molecule has 0 fully saturated rings.